The van der Waals surface area contributed by atoms with Crippen LogP contribution >= 0.6 is 0 Å². The van der Waals surface area contributed by atoms with Crippen LogP contribution in [0.1, 0.15) is 71.5 Å². The lowest BCUT2D eigenvalue weighted by molar-refractivity contribution is -0.134. The number of esters is 1. The van der Waals surface area contributed by atoms with E-state index in [-0.39, 0.29) is 5.97 Å². The molecule has 0 aliphatic heterocycles. The molecule has 0 fully saturated rings. The fraction of sp³-hybridized carbons (Fsp3) is 0.387. The lowest BCUT2D eigenvalue weighted by Crippen LogP contribution is -2.07. The van der Waals surface area contributed by atoms with E-state index in [9.17, 15) is 4.79 Å². The maximum Gasteiger partial charge on any atom is 0.311 e. The number of unbranched alkanes of at least 4 members (excludes halogenated alkanes) is 3. The molecule has 7 heteroatoms. The van der Waals surface area contributed by atoms with E-state index in [4.69, 9.17) is 19.4 Å². The van der Waals surface area contributed by atoms with Crippen LogP contribution < -0.4 is 9.47 Å². The molecule has 0 saturated carbocycles. The number of imidazole rings is 1. The fourth-order valence-corrected chi connectivity index (χ4v) is 4.73. The molecule has 0 atom stereocenters. The van der Waals surface area contributed by atoms with Gasteiger partial charge in [-0.15, -0.1) is 0 Å². The Kier molecular flexibility index (Phi) is 7.91. The lowest BCUT2D eigenvalue weighted by atomic mass is 10.2. The van der Waals surface area contributed by atoms with Gasteiger partial charge in [0.05, 0.1) is 23.8 Å². The SMILES string of the molecule is CCCCOc1ccc(-n2cc(OC(=O)CCCC)c3c2nc(CCCC)n2c4ccccc4nc32)cc1. The van der Waals surface area contributed by atoms with Gasteiger partial charge in [-0.05, 0) is 55.7 Å². The maximum absolute atomic E-state index is 12.8. The van der Waals surface area contributed by atoms with Gasteiger partial charge in [0.25, 0.3) is 0 Å². The highest BCUT2D eigenvalue weighted by atomic mass is 16.5. The van der Waals surface area contributed by atoms with Crippen molar-refractivity contribution < 1.29 is 14.3 Å². The quantitative estimate of drug-likeness (QED) is 0.128. The Hall–Kier alpha value is -3.87. The summed E-state index contributed by atoms with van der Waals surface area (Å²) in [5, 5.41) is 0.745. The highest BCUT2D eigenvalue weighted by molar-refractivity contribution is 6.01. The molecule has 0 spiro atoms. The van der Waals surface area contributed by atoms with Crippen molar-refractivity contribution >= 4 is 33.7 Å². The molecule has 3 aromatic heterocycles. The molecule has 0 bridgehead atoms. The van der Waals surface area contributed by atoms with Crippen LogP contribution in [0.3, 0.4) is 0 Å². The van der Waals surface area contributed by atoms with E-state index in [1.165, 1.54) is 0 Å². The third-order valence-corrected chi connectivity index (χ3v) is 6.82. The van der Waals surface area contributed by atoms with Crippen LogP contribution in [0.2, 0.25) is 0 Å². The second-order valence-electron chi connectivity index (χ2n) is 9.73. The Bertz CT molecular complexity index is 1550. The molecule has 2 aromatic carbocycles. The van der Waals surface area contributed by atoms with Crippen molar-refractivity contribution in [2.45, 2.75) is 72.1 Å². The average Bonchev–Trinajstić information content (AvgIpc) is 3.49. The first kappa shape index (κ1) is 25.8. The molecule has 198 valence electrons. The molecule has 5 aromatic rings. The second kappa shape index (κ2) is 11.7. The number of hydrogen-bond acceptors (Lipinski definition) is 5. The molecule has 5 rings (SSSR count). The van der Waals surface area contributed by atoms with E-state index in [2.05, 4.69) is 31.2 Å². The number of para-hydroxylation sites is 2. The van der Waals surface area contributed by atoms with Gasteiger partial charge in [-0.1, -0.05) is 52.2 Å². The van der Waals surface area contributed by atoms with Crippen LogP contribution in [0.25, 0.3) is 33.4 Å². The molecular weight excluding hydrogens is 476 g/mol. The van der Waals surface area contributed by atoms with E-state index in [1.807, 2.05) is 53.2 Å². The van der Waals surface area contributed by atoms with Gasteiger partial charge in [-0.3, -0.25) is 13.8 Å². The van der Waals surface area contributed by atoms with Crippen molar-refractivity contribution in [1.29, 1.82) is 0 Å². The van der Waals surface area contributed by atoms with Crippen molar-refractivity contribution in [1.82, 2.24) is 18.9 Å². The molecule has 0 N–H and O–H groups in total. The molecule has 7 nitrogen and oxygen atoms in total. The van der Waals surface area contributed by atoms with Crippen LogP contribution in [0.5, 0.6) is 11.5 Å². The summed E-state index contributed by atoms with van der Waals surface area (Å²) >= 11 is 0. The number of carbonyl (C=O) groups is 1. The van der Waals surface area contributed by atoms with Gasteiger partial charge in [-0.2, -0.15) is 0 Å². The molecular formula is C31H36N4O3. The monoisotopic (exact) mass is 512 g/mol. The van der Waals surface area contributed by atoms with Crippen molar-refractivity contribution in [2.75, 3.05) is 6.61 Å². The standard InChI is InChI=1S/C31H36N4O3/c1-4-7-14-27-33-30-29(31-32-24-12-10-11-13-25(24)35(27)31)26(38-28(36)15-8-5-2)21-34(30)22-16-18-23(19-17-22)37-20-9-6-3/h10-13,16-19,21H,4-9,14-15,20H2,1-3H3. The maximum atomic E-state index is 12.8. The van der Waals surface area contributed by atoms with Gasteiger partial charge >= 0.3 is 5.97 Å². The van der Waals surface area contributed by atoms with Crippen molar-refractivity contribution in [2.24, 2.45) is 0 Å². The van der Waals surface area contributed by atoms with Gasteiger partial charge in [0, 0.05) is 18.5 Å². The lowest BCUT2D eigenvalue weighted by Gasteiger charge is -2.10. The highest BCUT2D eigenvalue weighted by Gasteiger charge is 2.23. The van der Waals surface area contributed by atoms with E-state index >= 15 is 0 Å². The Morgan fingerprint density at radius 2 is 1.63 bits per heavy atom. The zero-order valence-corrected chi connectivity index (χ0v) is 22.6. The molecule has 0 amide bonds. The second-order valence-corrected chi connectivity index (χ2v) is 9.73. The summed E-state index contributed by atoms with van der Waals surface area (Å²) < 4.78 is 16.0. The minimum Gasteiger partial charge on any atom is -0.494 e. The number of aryl methyl sites for hydroxylation is 1. The molecule has 0 radical (unpaired) electrons. The zero-order valence-electron chi connectivity index (χ0n) is 22.6. The number of nitrogens with zero attached hydrogens (tertiary/aromatic N) is 4. The van der Waals surface area contributed by atoms with Gasteiger partial charge in [-0.25, -0.2) is 9.97 Å². The number of benzene rings is 2. The van der Waals surface area contributed by atoms with Gasteiger partial charge in [0.1, 0.15) is 17.0 Å². The molecule has 38 heavy (non-hydrogen) atoms. The first-order chi connectivity index (χ1) is 18.6. The molecule has 0 unspecified atom stereocenters. The van der Waals surface area contributed by atoms with Gasteiger partial charge in [0.15, 0.2) is 17.0 Å². The number of aromatic nitrogens is 4. The number of fused-ring (bicyclic) bond motifs is 5. The number of ether oxygens (including phenoxy) is 2. The topological polar surface area (TPSA) is 70.7 Å². The minimum atomic E-state index is -0.241. The van der Waals surface area contributed by atoms with Gasteiger partial charge in [0.2, 0.25) is 0 Å². The van der Waals surface area contributed by atoms with Crippen molar-refractivity contribution in [3.05, 3.63) is 60.6 Å². The Balaban J connectivity index is 1.69. The summed E-state index contributed by atoms with van der Waals surface area (Å²) in [5.74, 6) is 2.03. The molecule has 0 aliphatic rings. The van der Waals surface area contributed by atoms with Gasteiger partial charge < -0.3 is 9.47 Å². The van der Waals surface area contributed by atoms with Crippen molar-refractivity contribution in [3.8, 4) is 17.2 Å². The number of carbonyl (C=O) groups excluding carboxylic acids is 1. The van der Waals surface area contributed by atoms with Crippen LogP contribution in [-0.2, 0) is 11.2 Å². The number of rotatable bonds is 12. The molecule has 0 saturated heterocycles. The van der Waals surface area contributed by atoms with E-state index in [0.717, 1.165) is 89.9 Å². The van der Waals surface area contributed by atoms with Crippen LogP contribution in [-0.4, -0.2) is 31.5 Å². The largest absolute Gasteiger partial charge is 0.494 e. The first-order valence-corrected chi connectivity index (χ1v) is 13.9. The van der Waals surface area contributed by atoms with Crippen LogP contribution in [0.4, 0.5) is 0 Å². The summed E-state index contributed by atoms with van der Waals surface area (Å²) in [5.41, 5.74) is 4.32. The number of hydrogen-bond donors (Lipinski definition) is 0. The van der Waals surface area contributed by atoms with Crippen LogP contribution in [0, 0.1) is 0 Å². The Labute approximate surface area is 223 Å². The summed E-state index contributed by atoms with van der Waals surface area (Å²) in [7, 11) is 0. The van der Waals surface area contributed by atoms with Crippen LogP contribution in [0.15, 0.2) is 54.7 Å². The highest BCUT2D eigenvalue weighted by Crippen LogP contribution is 2.36. The predicted molar refractivity (Wildman–Crippen MR) is 152 cm³/mol. The van der Waals surface area contributed by atoms with E-state index < -0.39 is 0 Å². The van der Waals surface area contributed by atoms with E-state index in [0.29, 0.717) is 18.8 Å². The first-order valence-electron chi connectivity index (χ1n) is 13.9. The molecule has 0 aliphatic carbocycles. The summed E-state index contributed by atoms with van der Waals surface area (Å²) in [6.07, 6.45) is 8.99. The Morgan fingerprint density at radius 3 is 2.39 bits per heavy atom. The minimum absolute atomic E-state index is 0.241. The summed E-state index contributed by atoms with van der Waals surface area (Å²) in [4.78, 5) is 22.9. The van der Waals surface area contributed by atoms with Crippen molar-refractivity contribution in [3.63, 3.8) is 0 Å². The summed E-state index contributed by atoms with van der Waals surface area (Å²) in [6, 6.07) is 16.1. The third kappa shape index (κ3) is 5.10. The normalized spacial score (nSPS) is 11.6. The third-order valence-electron chi connectivity index (χ3n) is 6.82. The zero-order chi connectivity index (χ0) is 26.5. The summed E-state index contributed by atoms with van der Waals surface area (Å²) in [6.45, 7) is 7.10. The predicted octanol–water partition coefficient (Wildman–Crippen LogP) is 7.44. The smallest absolute Gasteiger partial charge is 0.311 e. The Morgan fingerprint density at radius 1 is 0.868 bits per heavy atom. The molecule has 3 heterocycles. The average molecular weight is 513 g/mol. The van der Waals surface area contributed by atoms with E-state index in [1.54, 1.807) is 0 Å². The fourth-order valence-electron chi connectivity index (χ4n) is 4.73.